The van der Waals surface area contributed by atoms with Crippen LogP contribution in [0.2, 0.25) is 0 Å². The van der Waals surface area contributed by atoms with Crippen molar-refractivity contribution in [2.75, 3.05) is 17.7 Å². The molecule has 160 valence electrons. The van der Waals surface area contributed by atoms with E-state index in [1.165, 1.54) is 0 Å². The molecule has 1 atom stereocenters. The Morgan fingerprint density at radius 1 is 1.06 bits per heavy atom. The second kappa shape index (κ2) is 7.77. The standard InChI is InChI=1S/C25H22N4O3/c1-15-22(24(31)27-17-9-13-19(32-2)14-10-17)23(16-7-11-18(30)12-8-16)29-21-6-4-3-5-20(21)28-25(29)26-15/h3-14,23,30H,1-2H3,(H,26,28)(H,27,31). The monoisotopic (exact) mass is 426 g/mol. The van der Waals surface area contributed by atoms with Gasteiger partial charge in [-0.3, -0.25) is 9.36 Å². The highest BCUT2D eigenvalue weighted by molar-refractivity contribution is 6.06. The predicted molar refractivity (Wildman–Crippen MR) is 124 cm³/mol. The normalized spacial score (nSPS) is 15.2. The van der Waals surface area contributed by atoms with Crippen LogP contribution in [0.5, 0.6) is 11.5 Å². The Hall–Kier alpha value is -4.26. The van der Waals surface area contributed by atoms with Gasteiger partial charge in [-0.15, -0.1) is 0 Å². The molecule has 0 bridgehead atoms. The zero-order valence-electron chi connectivity index (χ0n) is 17.7. The van der Waals surface area contributed by atoms with Gasteiger partial charge < -0.3 is 20.5 Å². The molecule has 1 aliphatic rings. The molecule has 1 aromatic heterocycles. The maximum absolute atomic E-state index is 13.5. The lowest BCUT2D eigenvalue weighted by molar-refractivity contribution is -0.113. The Balaban J connectivity index is 1.62. The van der Waals surface area contributed by atoms with Crippen molar-refractivity contribution in [1.29, 1.82) is 0 Å². The summed E-state index contributed by atoms with van der Waals surface area (Å²) in [7, 11) is 1.60. The van der Waals surface area contributed by atoms with Gasteiger partial charge in [-0.1, -0.05) is 24.3 Å². The van der Waals surface area contributed by atoms with Crippen LogP contribution in [-0.4, -0.2) is 27.7 Å². The summed E-state index contributed by atoms with van der Waals surface area (Å²) in [4.78, 5) is 18.2. The molecule has 1 unspecified atom stereocenters. The van der Waals surface area contributed by atoms with E-state index in [0.717, 1.165) is 22.3 Å². The molecule has 0 aliphatic carbocycles. The van der Waals surface area contributed by atoms with E-state index in [2.05, 4.69) is 10.6 Å². The molecule has 1 amide bonds. The van der Waals surface area contributed by atoms with Crippen LogP contribution in [-0.2, 0) is 4.79 Å². The third-order valence-electron chi connectivity index (χ3n) is 5.63. The number of amides is 1. The first-order valence-electron chi connectivity index (χ1n) is 10.2. The SMILES string of the molecule is COc1ccc(NC(=O)C2=C(C)Nc3nc4ccccc4n3C2c2ccc(O)cc2)cc1. The summed E-state index contributed by atoms with van der Waals surface area (Å²) in [5.41, 5.74) is 4.58. The third-order valence-corrected chi connectivity index (χ3v) is 5.63. The highest BCUT2D eigenvalue weighted by atomic mass is 16.5. The van der Waals surface area contributed by atoms with Crippen LogP contribution in [0.3, 0.4) is 0 Å². The summed E-state index contributed by atoms with van der Waals surface area (Å²) < 4.78 is 7.23. The van der Waals surface area contributed by atoms with Crippen molar-refractivity contribution in [2.45, 2.75) is 13.0 Å². The zero-order valence-corrected chi connectivity index (χ0v) is 17.7. The van der Waals surface area contributed by atoms with E-state index in [0.29, 0.717) is 23.0 Å². The number of aromatic nitrogens is 2. The number of ether oxygens (including phenoxy) is 1. The smallest absolute Gasteiger partial charge is 0.255 e. The van der Waals surface area contributed by atoms with E-state index in [9.17, 15) is 9.90 Å². The first-order valence-corrected chi connectivity index (χ1v) is 10.2. The fourth-order valence-corrected chi connectivity index (χ4v) is 4.10. The number of allylic oxidation sites excluding steroid dienone is 1. The lowest BCUT2D eigenvalue weighted by atomic mass is 9.94. The Bertz CT molecular complexity index is 1340. The molecule has 0 saturated carbocycles. The molecule has 0 radical (unpaired) electrons. The van der Waals surface area contributed by atoms with E-state index in [-0.39, 0.29) is 11.7 Å². The van der Waals surface area contributed by atoms with Gasteiger partial charge in [0.05, 0.1) is 29.8 Å². The Kier molecular flexibility index (Phi) is 4.78. The van der Waals surface area contributed by atoms with E-state index in [4.69, 9.17) is 9.72 Å². The quantitative estimate of drug-likeness (QED) is 0.441. The van der Waals surface area contributed by atoms with Crippen molar-refractivity contribution in [2.24, 2.45) is 0 Å². The molecule has 1 aliphatic heterocycles. The summed E-state index contributed by atoms with van der Waals surface area (Å²) in [6, 6.07) is 21.5. The highest BCUT2D eigenvalue weighted by Crippen LogP contribution is 2.39. The third kappa shape index (κ3) is 3.33. The van der Waals surface area contributed by atoms with Gasteiger partial charge in [0.1, 0.15) is 11.5 Å². The van der Waals surface area contributed by atoms with E-state index >= 15 is 0 Å². The number of aromatic hydroxyl groups is 1. The highest BCUT2D eigenvalue weighted by Gasteiger charge is 2.34. The molecule has 4 aromatic rings. The van der Waals surface area contributed by atoms with Crippen molar-refractivity contribution in [3.8, 4) is 11.5 Å². The van der Waals surface area contributed by atoms with Crippen molar-refractivity contribution in [3.63, 3.8) is 0 Å². The summed E-state index contributed by atoms with van der Waals surface area (Å²) in [6.07, 6.45) is 0. The number of methoxy groups -OCH3 is 1. The summed E-state index contributed by atoms with van der Waals surface area (Å²) in [6.45, 7) is 1.87. The van der Waals surface area contributed by atoms with Gasteiger partial charge >= 0.3 is 0 Å². The van der Waals surface area contributed by atoms with E-state index in [1.807, 2.05) is 47.9 Å². The van der Waals surface area contributed by atoms with Crippen molar-refractivity contribution in [3.05, 3.63) is 89.6 Å². The Morgan fingerprint density at radius 2 is 1.78 bits per heavy atom. The predicted octanol–water partition coefficient (Wildman–Crippen LogP) is 4.68. The van der Waals surface area contributed by atoms with Crippen molar-refractivity contribution in [1.82, 2.24) is 9.55 Å². The van der Waals surface area contributed by atoms with Gasteiger partial charge in [-0.05, 0) is 61.0 Å². The summed E-state index contributed by atoms with van der Waals surface area (Å²) in [5.74, 6) is 1.34. The first-order chi connectivity index (χ1) is 15.5. The van der Waals surface area contributed by atoms with Gasteiger partial charge in [0.2, 0.25) is 5.95 Å². The number of carbonyl (C=O) groups is 1. The number of fused-ring (bicyclic) bond motifs is 3. The molecule has 0 spiro atoms. The van der Waals surface area contributed by atoms with Gasteiger partial charge in [-0.25, -0.2) is 4.98 Å². The topological polar surface area (TPSA) is 88.4 Å². The number of hydrogen-bond donors (Lipinski definition) is 3. The molecule has 7 heteroatoms. The molecule has 5 rings (SSSR count). The number of imidazole rings is 1. The van der Waals surface area contributed by atoms with Gasteiger partial charge in [0.25, 0.3) is 5.91 Å². The number of carbonyl (C=O) groups excluding carboxylic acids is 1. The molecule has 0 fully saturated rings. The van der Waals surface area contributed by atoms with Crippen molar-refractivity contribution >= 4 is 28.6 Å². The first kappa shape index (κ1) is 19.7. The minimum Gasteiger partial charge on any atom is -0.508 e. The molecule has 0 saturated heterocycles. The lowest BCUT2D eigenvalue weighted by Crippen LogP contribution is -2.30. The molecule has 2 heterocycles. The number of rotatable bonds is 4. The lowest BCUT2D eigenvalue weighted by Gasteiger charge is -2.30. The van der Waals surface area contributed by atoms with Crippen LogP contribution in [0, 0.1) is 0 Å². The van der Waals surface area contributed by atoms with Gasteiger partial charge in [0.15, 0.2) is 0 Å². The number of anilines is 2. The second-order valence-corrected chi connectivity index (χ2v) is 7.63. The van der Waals surface area contributed by atoms with Crippen LogP contribution >= 0.6 is 0 Å². The zero-order chi connectivity index (χ0) is 22.2. The molecule has 3 aromatic carbocycles. The summed E-state index contributed by atoms with van der Waals surface area (Å²) in [5, 5.41) is 16.1. The Labute approximate surface area is 185 Å². The molecule has 32 heavy (non-hydrogen) atoms. The average molecular weight is 426 g/mol. The molecular formula is C25H22N4O3. The number of benzene rings is 3. The Morgan fingerprint density at radius 3 is 2.50 bits per heavy atom. The number of nitrogens with zero attached hydrogens (tertiary/aromatic N) is 2. The van der Waals surface area contributed by atoms with E-state index in [1.54, 1.807) is 43.5 Å². The fourth-order valence-electron chi connectivity index (χ4n) is 4.10. The molecular weight excluding hydrogens is 404 g/mol. The maximum Gasteiger partial charge on any atom is 0.255 e. The van der Waals surface area contributed by atoms with E-state index < -0.39 is 6.04 Å². The fraction of sp³-hybridized carbons (Fsp3) is 0.120. The van der Waals surface area contributed by atoms with Gasteiger partial charge in [0, 0.05) is 11.4 Å². The number of phenols is 1. The number of nitrogens with one attached hydrogen (secondary N) is 2. The second-order valence-electron chi connectivity index (χ2n) is 7.63. The van der Waals surface area contributed by atoms with Crippen molar-refractivity contribution < 1.29 is 14.6 Å². The number of phenolic OH excluding ortho intramolecular Hbond substituents is 1. The minimum atomic E-state index is -0.419. The summed E-state index contributed by atoms with van der Waals surface area (Å²) >= 11 is 0. The van der Waals surface area contributed by atoms with Crippen LogP contribution in [0.25, 0.3) is 11.0 Å². The molecule has 3 N–H and O–H groups in total. The minimum absolute atomic E-state index is 0.170. The van der Waals surface area contributed by atoms with Crippen LogP contribution in [0.4, 0.5) is 11.6 Å². The largest absolute Gasteiger partial charge is 0.508 e. The number of hydrogen-bond acceptors (Lipinski definition) is 5. The van der Waals surface area contributed by atoms with Crippen LogP contribution in [0.15, 0.2) is 84.1 Å². The maximum atomic E-state index is 13.5. The van der Waals surface area contributed by atoms with Crippen LogP contribution < -0.4 is 15.4 Å². The number of para-hydroxylation sites is 2. The van der Waals surface area contributed by atoms with Gasteiger partial charge in [-0.2, -0.15) is 0 Å². The van der Waals surface area contributed by atoms with Crippen LogP contribution in [0.1, 0.15) is 18.5 Å². The average Bonchev–Trinajstić information content (AvgIpc) is 3.17. The molecule has 7 nitrogen and oxygen atoms in total.